The van der Waals surface area contributed by atoms with E-state index in [1.165, 1.54) is 5.56 Å². The van der Waals surface area contributed by atoms with E-state index in [1.54, 1.807) is 0 Å². The molecule has 0 spiro atoms. The number of rotatable bonds is 3. The lowest BCUT2D eigenvalue weighted by atomic mass is 9.94. The number of aromatic amines is 2. The van der Waals surface area contributed by atoms with Crippen LogP contribution < -0.4 is 5.73 Å². The van der Waals surface area contributed by atoms with E-state index in [1.807, 2.05) is 24.3 Å². The molecule has 3 aromatic carbocycles. The van der Waals surface area contributed by atoms with Crippen LogP contribution >= 0.6 is 0 Å². The van der Waals surface area contributed by atoms with Gasteiger partial charge in [-0.15, -0.1) is 0 Å². The molecule has 0 bridgehead atoms. The van der Waals surface area contributed by atoms with Crippen molar-refractivity contribution < 1.29 is 0 Å². The number of fused-ring (bicyclic) bond motifs is 2. The second kappa shape index (κ2) is 7.10. The van der Waals surface area contributed by atoms with Crippen LogP contribution in [0.4, 0.5) is 5.82 Å². The number of anilines is 1. The summed E-state index contributed by atoms with van der Waals surface area (Å²) in [5, 5.41) is 9.32. The Balaban J connectivity index is 1.75. The van der Waals surface area contributed by atoms with Crippen LogP contribution in [-0.4, -0.2) is 20.2 Å². The van der Waals surface area contributed by atoms with Crippen LogP contribution in [-0.2, 0) is 0 Å². The highest BCUT2D eigenvalue weighted by molar-refractivity contribution is 6.12. The minimum atomic E-state index is 0.517. The maximum absolute atomic E-state index is 6.37. The minimum Gasteiger partial charge on any atom is -0.383 e. The normalized spacial score (nSPS) is 11.4. The average Bonchev–Trinajstić information content (AvgIpc) is 3.40. The van der Waals surface area contributed by atoms with Crippen LogP contribution in [0.15, 0.2) is 84.9 Å². The standard InChI is InChI=1S/C27H21N5/c1-16-12-13-21-19(14-16)23(25(29-21)18-10-6-3-7-11-18)20-15-22(17-8-4-2-5-9-17)30-27-24(20)26(28)31-32-27/h2-15,29H,1H3,(H3,28,30,31,32). The Morgan fingerprint density at radius 2 is 1.53 bits per heavy atom. The zero-order valence-electron chi connectivity index (χ0n) is 17.6. The third-order valence-corrected chi connectivity index (χ3v) is 5.91. The Hall–Kier alpha value is -4.38. The number of aromatic nitrogens is 4. The van der Waals surface area contributed by atoms with Crippen molar-refractivity contribution >= 4 is 27.8 Å². The molecule has 0 saturated heterocycles. The van der Waals surface area contributed by atoms with E-state index in [2.05, 4.69) is 82.8 Å². The summed E-state index contributed by atoms with van der Waals surface area (Å²) in [5.41, 5.74) is 15.4. The molecule has 0 fully saturated rings. The molecule has 0 aliphatic heterocycles. The third kappa shape index (κ3) is 2.87. The predicted molar refractivity (Wildman–Crippen MR) is 131 cm³/mol. The van der Waals surface area contributed by atoms with Crippen LogP contribution in [0.2, 0.25) is 0 Å². The van der Waals surface area contributed by atoms with Crippen molar-refractivity contribution in [3.63, 3.8) is 0 Å². The number of pyridine rings is 1. The van der Waals surface area contributed by atoms with Gasteiger partial charge >= 0.3 is 0 Å². The smallest absolute Gasteiger partial charge is 0.184 e. The first-order valence-corrected chi connectivity index (χ1v) is 10.6. The van der Waals surface area contributed by atoms with Gasteiger partial charge in [-0.05, 0) is 30.7 Å². The Morgan fingerprint density at radius 3 is 2.28 bits per heavy atom. The van der Waals surface area contributed by atoms with Gasteiger partial charge in [-0.25, -0.2) is 4.98 Å². The molecule has 3 heterocycles. The summed E-state index contributed by atoms with van der Waals surface area (Å²) < 4.78 is 0. The highest BCUT2D eigenvalue weighted by Crippen LogP contribution is 2.43. The molecule has 3 aromatic heterocycles. The molecule has 32 heavy (non-hydrogen) atoms. The molecule has 0 atom stereocenters. The minimum absolute atomic E-state index is 0.517. The van der Waals surface area contributed by atoms with Gasteiger partial charge < -0.3 is 10.7 Å². The number of nitrogens with one attached hydrogen (secondary N) is 2. The fourth-order valence-corrected chi connectivity index (χ4v) is 4.41. The van der Waals surface area contributed by atoms with Gasteiger partial charge in [-0.1, -0.05) is 72.3 Å². The number of hydrogen-bond acceptors (Lipinski definition) is 3. The molecule has 0 aliphatic carbocycles. The maximum Gasteiger partial charge on any atom is 0.184 e. The molecule has 6 rings (SSSR count). The van der Waals surface area contributed by atoms with Crippen molar-refractivity contribution in [2.75, 3.05) is 5.73 Å². The van der Waals surface area contributed by atoms with E-state index < -0.39 is 0 Å². The molecule has 5 nitrogen and oxygen atoms in total. The average molecular weight is 416 g/mol. The van der Waals surface area contributed by atoms with Gasteiger partial charge in [0.2, 0.25) is 0 Å². The van der Waals surface area contributed by atoms with Gasteiger partial charge in [0.05, 0.1) is 16.8 Å². The zero-order valence-corrected chi connectivity index (χ0v) is 17.6. The molecule has 5 heteroatoms. The van der Waals surface area contributed by atoms with E-state index in [0.29, 0.717) is 11.5 Å². The van der Waals surface area contributed by atoms with E-state index in [-0.39, 0.29) is 0 Å². The SMILES string of the molecule is Cc1ccc2[nH]c(-c3ccccc3)c(-c3cc(-c4ccccc4)nc4n[nH]c(N)c34)c2c1. The summed E-state index contributed by atoms with van der Waals surface area (Å²) in [6.45, 7) is 2.11. The van der Waals surface area contributed by atoms with Gasteiger partial charge in [-0.2, -0.15) is 5.10 Å². The molecule has 6 aromatic rings. The summed E-state index contributed by atoms with van der Waals surface area (Å²) in [5.74, 6) is 0.517. The number of nitrogen functional groups attached to an aromatic ring is 1. The quantitative estimate of drug-likeness (QED) is 0.316. The van der Waals surface area contributed by atoms with Crippen molar-refractivity contribution in [3.05, 3.63) is 90.5 Å². The first-order valence-electron chi connectivity index (χ1n) is 10.6. The van der Waals surface area contributed by atoms with E-state index >= 15 is 0 Å². The Bertz CT molecular complexity index is 1580. The highest BCUT2D eigenvalue weighted by atomic mass is 15.2. The van der Waals surface area contributed by atoms with Crippen molar-refractivity contribution in [1.82, 2.24) is 20.2 Å². The molecule has 0 unspecified atom stereocenters. The van der Waals surface area contributed by atoms with Gasteiger partial charge in [0.15, 0.2) is 5.65 Å². The number of nitrogens with two attached hydrogens (primary N) is 1. The van der Waals surface area contributed by atoms with Crippen LogP contribution in [0, 0.1) is 6.92 Å². The first kappa shape index (κ1) is 18.4. The molecule has 0 amide bonds. The summed E-state index contributed by atoms with van der Waals surface area (Å²) in [4.78, 5) is 8.45. The molecule has 0 radical (unpaired) electrons. The Morgan fingerprint density at radius 1 is 0.812 bits per heavy atom. The third-order valence-electron chi connectivity index (χ3n) is 5.91. The van der Waals surface area contributed by atoms with Gasteiger partial charge in [0.1, 0.15) is 5.82 Å². The van der Waals surface area contributed by atoms with Crippen LogP contribution in [0.3, 0.4) is 0 Å². The number of benzene rings is 3. The van der Waals surface area contributed by atoms with Crippen LogP contribution in [0.1, 0.15) is 5.56 Å². The molecule has 0 aliphatic rings. The summed E-state index contributed by atoms with van der Waals surface area (Å²) in [6, 6.07) is 29.2. The topological polar surface area (TPSA) is 83.4 Å². The molecule has 4 N–H and O–H groups in total. The number of H-pyrrole nitrogens is 2. The zero-order chi connectivity index (χ0) is 21.7. The Kier molecular flexibility index (Phi) is 4.08. The van der Waals surface area contributed by atoms with E-state index in [4.69, 9.17) is 10.7 Å². The van der Waals surface area contributed by atoms with Crippen molar-refractivity contribution in [2.45, 2.75) is 6.92 Å². The van der Waals surface area contributed by atoms with Crippen molar-refractivity contribution in [1.29, 1.82) is 0 Å². The lowest BCUT2D eigenvalue weighted by Crippen LogP contribution is -1.92. The fourth-order valence-electron chi connectivity index (χ4n) is 4.41. The second-order valence-electron chi connectivity index (χ2n) is 8.05. The Labute approximate surface area is 184 Å². The lowest BCUT2D eigenvalue weighted by molar-refractivity contribution is 1.11. The van der Waals surface area contributed by atoms with E-state index in [9.17, 15) is 0 Å². The second-order valence-corrected chi connectivity index (χ2v) is 8.05. The summed E-state index contributed by atoms with van der Waals surface area (Å²) >= 11 is 0. The highest BCUT2D eigenvalue weighted by Gasteiger charge is 2.21. The van der Waals surface area contributed by atoms with Crippen LogP contribution in [0.5, 0.6) is 0 Å². The number of aryl methyl sites for hydroxylation is 1. The largest absolute Gasteiger partial charge is 0.383 e. The van der Waals surface area contributed by atoms with Gasteiger partial charge in [-0.3, -0.25) is 5.10 Å². The first-order chi connectivity index (χ1) is 15.7. The van der Waals surface area contributed by atoms with Crippen molar-refractivity contribution in [2.24, 2.45) is 0 Å². The summed E-state index contributed by atoms with van der Waals surface area (Å²) in [7, 11) is 0. The lowest BCUT2D eigenvalue weighted by Gasteiger charge is -2.10. The summed E-state index contributed by atoms with van der Waals surface area (Å²) in [6.07, 6.45) is 0. The monoisotopic (exact) mass is 415 g/mol. The van der Waals surface area contributed by atoms with Gasteiger partial charge in [0.25, 0.3) is 0 Å². The molecule has 154 valence electrons. The van der Waals surface area contributed by atoms with E-state index in [0.717, 1.165) is 49.9 Å². The fraction of sp³-hybridized carbons (Fsp3) is 0.0370. The van der Waals surface area contributed by atoms with Gasteiger partial charge in [0, 0.05) is 27.6 Å². The number of nitrogens with zero attached hydrogens (tertiary/aromatic N) is 2. The predicted octanol–water partition coefficient (Wildman–Crippen LogP) is 6.33. The molecular formula is C27H21N5. The molecule has 0 saturated carbocycles. The molecular weight excluding hydrogens is 394 g/mol. The van der Waals surface area contributed by atoms with Crippen molar-refractivity contribution in [3.8, 4) is 33.6 Å². The van der Waals surface area contributed by atoms with Crippen LogP contribution in [0.25, 0.3) is 55.6 Å². The number of hydrogen-bond donors (Lipinski definition) is 3. The maximum atomic E-state index is 6.37.